The van der Waals surface area contributed by atoms with Crippen molar-refractivity contribution in [1.82, 2.24) is 5.32 Å². The van der Waals surface area contributed by atoms with Gasteiger partial charge in [0, 0.05) is 6.42 Å². The van der Waals surface area contributed by atoms with Crippen LogP contribution in [0.15, 0.2) is 18.2 Å². The average Bonchev–Trinajstić information content (AvgIpc) is 2.29. The number of benzene rings is 1. The molecule has 1 saturated heterocycles. The van der Waals surface area contributed by atoms with E-state index in [0.29, 0.717) is 12.0 Å². The van der Waals surface area contributed by atoms with Crippen molar-refractivity contribution in [3.05, 3.63) is 35.1 Å². The summed E-state index contributed by atoms with van der Waals surface area (Å²) in [6.07, 6.45) is 5.79. The molecule has 0 bridgehead atoms. The zero-order chi connectivity index (χ0) is 12.4. The predicted molar refractivity (Wildman–Crippen MR) is 59.5 cm³/mol. The monoisotopic (exact) mass is 231 g/mol. The number of imide groups is 1. The number of amides is 2. The minimum atomic E-state index is -0.519. The first-order valence-corrected chi connectivity index (χ1v) is 5.21. The minimum absolute atomic E-state index is 0.168. The zero-order valence-corrected chi connectivity index (χ0v) is 9.00. The topological polar surface area (TPSA) is 46.2 Å². The zero-order valence-electron chi connectivity index (χ0n) is 9.00. The van der Waals surface area contributed by atoms with E-state index >= 15 is 0 Å². The van der Waals surface area contributed by atoms with Gasteiger partial charge in [-0.05, 0) is 24.1 Å². The molecule has 1 fully saturated rings. The Kier molecular flexibility index (Phi) is 2.92. The molecule has 1 N–H and O–H groups in total. The van der Waals surface area contributed by atoms with E-state index in [1.165, 1.54) is 12.1 Å². The quantitative estimate of drug-likeness (QED) is 0.585. The normalized spacial score (nSPS) is 19.6. The van der Waals surface area contributed by atoms with E-state index in [0.717, 1.165) is 0 Å². The largest absolute Gasteiger partial charge is 0.296 e. The molecular formula is C13H10FNO2. The summed E-state index contributed by atoms with van der Waals surface area (Å²) >= 11 is 0. The third-order valence-corrected chi connectivity index (χ3v) is 2.79. The first-order valence-electron chi connectivity index (χ1n) is 5.21. The molecular weight excluding hydrogens is 221 g/mol. The van der Waals surface area contributed by atoms with E-state index in [2.05, 4.69) is 11.2 Å². The van der Waals surface area contributed by atoms with Gasteiger partial charge in [0.05, 0.1) is 11.5 Å². The molecule has 1 aliphatic heterocycles. The van der Waals surface area contributed by atoms with Crippen LogP contribution in [0.5, 0.6) is 0 Å². The lowest BCUT2D eigenvalue weighted by Crippen LogP contribution is -2.39. The lowest BCUT2D eigenvalue weighted by Gasteiger charge is -2.21. The van der Waals surface area contributed by atoms with Gasteiger partial charge in [0.25, 0.3) is 0 Å². The number of piperidine rings is 1. The summed E-state index contributed by atoms with van der Waals surface area (Å²) in [4.78, 5) is 22.6. The summed E-state index contributed by atoms with van der Waals surface area (Å²) in [5.74, 6) is 0.552. The standard InChI is InChI=1S/C13H10FNO2/c1-2-8-3-4-9(7-11(8)14)10-5-6-12(16)15-13(10)17/h1,3-4,7,10H,5-6H2,(H,15,16,17). The highest BCUT2D eigenvalue weighted by Gasteiger charge is 2.28. The number of hydrogen-bond donors (Lipinski definition) is 1. The molecule has 1 aromatic rings. The van der Waals surface area contributed by atoms with Gasteiger partial charge in [-0.15, -0.1) is 6.42 Å². The van der Waals surface area contributed by atoms with Crippen LogP contribution in [0.2, 0.25) is 0 Å². The molecule has 0 aliphatic carbocycles. The molecule has 86 valence electrons. The van der Waals surface area contributed by atoms with Crippen molar-refractivity contribution >= 4 is 11.8 Å². The van der Waals surface area contributed by atoms with Crippen molar-refractivity contribution in [2.45, 2.75) is 18.8 Å². The highest BCUT2D eigenvalue weighted by atomic mass is 19.1. The summed E-state index contributed by atoms with van der Waals surface area (Å²) in [6, 6.07) is 4.35. The molecule has 3 nitrogen and oxygen atoms in total. The van der Waals surface area contributed by atoms with Gasteiger partial charge in [0.15, 0.2) is 0 Å². The van der Waals surface area contributed by atoms with Gasteiger partial charge in [-0.25, -0.2) is 4.39 Å². The van der Waals surface area contributed by atoms with Gasteiger partial charge >= 0.3 is 0 Å². The molecule has 17 heavy (non-hydrogen) atoms. The molecule has 0 radical (unpaired) electrons. The fourth-order valence-corrected chi connectivity index (χ4v) is 1.88. The van der Waals surface area contributed by atoms with Crippen LogP contribution in [-0.2, 0) is 9.59 Å². The fraction of sp³-hybridized carbons (Fsp3) is 0.231. The van der Waals surface area contributed by atoms with Crippen LogP contribution in [0.1, 0.15) is 29.9 Å². The smallest absolute Gasteiger partial charge is 0.234 e. The SMILES string of the molecule is C#Cc1ccc(C2CCC(=O)NC2=O)cc1F. The van der Waals surface area contributed by atoms with E-state index in [1.54, 1.807) is 6.07 Å². The number of halogens is 1. The first-order chi connectivity index (χ1) is 8.11. The van der Waals surface area contributed by atoms with Gasteiger partial charge < -0.3 is 0 Å². The van der Waals surface area contributed by atoms with Crippen molar-refractivity contribution in [1.29, 1.82) is 0 Å². The van der Waals surface area contributed by atoms with Crippen molar-refractivity contribution in [3.8, 4) is 12.3 Å². The van der Waals surface area contributed by atoms with Crippen molar-refractivity contribution in [2.75, 3.05) is 0 Å². The lowest BCUT2D eigenvalue weighted by molar-refractivity contribution is -0.134. The van der Waals surface area contributed by atoms with E-state index < -0.39 is 11.7 Å². The Morgan fingerprint density at radius 3 is 2.76 bits per heavy atom. The first kappa shape index (κ1) is 11.3. The third kappa shape index (κ3) is 2.18. The average molecular weight is 231 g/mol. The summed E-state index contributed by atoms with van der Waals surface area (Å²) in [5, 5.41) is 2.24. The number of carbonyl (C=O) groups excluding carboxylic acids is 2. The molecule has 0 spiro atoms. The van der Waals surface area contributed by atoms with E-state index in [4.69, 9.17) is 6.42 Å². The molecule has 1 unspecified atom stereocenters. The molecule has 1 heterocycles. The van der Waals surface area contributed by atoms with E-state index in [1.807, 2.05) is 0 Å². The Morgan fingerprint density at radius 1 is 1.41 bits per heavy atom. The summed E-state index contributed by atoms with van der Waals surface area (Å²) in [6.45, 7) is 0. The van der Waals surface area contributed by atoms with Crippen LogP contribution in [0.4, 0.5) is 4.39 Å². The molecule has 2 rings (SSSR count). The second-order valence-corrected chi connectivity index (χ2v) is 3.89. The summed E-state index contributed by atoms with van der Waals surface area (Å²) in [7, 11) is 0. The van der Waals surface area contributed by atoms with E-state index in [9.17, 15) is 14.0 Å². The Hall–Kier alpha value is -2.15. The third-order valence-electron chi connectivity index (χ3n) is 2.79. The van der Waals surface area contributed by atoms with Gasteiger partial charge in [0.2, 0.25) is 11.8 Å². The molecule has 4 heteroatoms. The number of terminal acetylenes is 1. The Morgan fingerprint density at radius 2 is 2.18 bits per heavy atom. The van der Waals surface area contributed by atoms with Crippen molar-refractivity contribution in [2.24, 2.45) is 0 Å². The predicted octanol–water partition coefficient (Wildman–Crippen LogP) is 1.33. The Bertz CT molecular complexity index is 531. The maximum absolute atomic E-state index is 13.5. The molecule has 0 saturated carbocycles. The summed E-state index contributed by atoms with van der Waals surface area (Å²) < 4.78 is 13.5. The maximum atomic E-state index is 13.5. The number of rotatable bonds is 1. The second-order valence-electron chi connectivity index (χ2n) is 3.89. The van der Waals surface area contributed by atoms with Gasteiger partial charge in [0.1, 0.15) is 5.82 Å². The molecule has 2 amide bonds. The molecule has 1 aliphatic rings. The van der Waals surface area contributed by atoms with Crippen molar-refractivity contribution < 1.29 is 14.0 Å². The molecule has 1 atom stereocenters. The number of hydrogen-bond acceptors (Lipinski definition) is 2. The number of nitrogens with one attached hydrogen (secondary N) is 1. The lowest BCUT2D eigenvalue weighted by atomic mass is 9.90. The van der Waals surface area contributed by atoms with E-state index in [-0.39, 0.29) is 23.8 Å². The van der Waals surface area contributed by atoms with Gasteiger partial charge in [-0.1, -0.05) is 12.0 Å². The second kappa shape index (κ2) is 4.38. The fourth-order valence-electron chi connectivity index (χ4n) is 1.88. The minimum Gasteiger partial charge on any atom is -0.296 e. The maximum Gasteiger partial charge on any atom is 0.234 e. The molecule has 0 aromatic heterocycles. The summed E-state index contributed by atoms with van der Waals surface area (Å²) in [5.41, 5.74) is 0.715. The van der Waals surface area contributed by atoms with Crippen LogP contribution >= 0.6 is 0 Å². The van der Waals surface area contributed by atoms with Crippen LogP contribution in [0, 0.1) is 18.2 Å². The van der Waals surface area contributed by atoms with Crippen LogP contribution < -0.4 is 5.32 Å². The Balaban J connectivity index is 2.29. The highest BCUT2D eigenvalue weighted by Crippen LogP contribution is 2.25. The highest BCUT2D eigenvalue weighted by molar-refractivity contribution is 6.00. The van der Waals surface area contributed by atoms with Crippen LogP contribution in [0.3, 0.4) is 0 Å². The molecule has 1 aromatic carbocycles. The van der Waals surface area contributed by atoms with Crippen molar-refractivity contribution in [3.63, 3.8) is 0 Å². The van der Waals surface area contributed by atoms with Gasteiger partial charge in [-0.3, -0.25) is 14.9 Å². The Labute approximate surface area is 98.0 Å². The van der Waals surface area contributed by atoms with Crippen LogP contribution in [-0.4, -0.2) is 11.8 Å². The number of carbonyl (C=O) groups is 2. The van der Waals surface area contributed by atoms with Gasteiger partial charge in [-0.2, -0.15) is 0 Å². The van der Waals surface area contributed by atoms with Crippen LogP contribution in [0.25, 0.3) is 0 Å².